The Bertz CT molecular complexity index is 963. The van der Waals surface area contributed by atoms with Crippen molar-refractivity contribution in [3.8, 4) is 0 Å². The maximum absolute atomic E-state index is 12.6. The lowest BCUT2D eigenvalue weighted by Crippen LogP contribution is -2.29. The van der Waals surface area contributed by atoms with Crippen LogP contribution in [0.15, 0.2) is 41.6 Å². The van der Waals surface area contributed by atoms with Crippen LogP contribution in [0, 0.1) is 0 Å². The molecule has 0 fully saturated rings. The second-order valence-electron chi connectivity index (χ2n) is 5.44. The van der Waals surface area contributed by atoms with Crippen LogP contribution in [-0.2, 0) is 17.5 Å². The van der Waals surface area contributed by atoms with Crippen molar-refractivity contribution < 1.29 is 18.0 Å². The summed E-state index contributed by atoms with van der Waals surface area (Å²) in [6, 6.07) is 8.12. The van der Waals surface area contributed by atoms with Gasteiger partial charge >= 0.3 is 6.18 Å². The van der Waals surface area contributed by atoms with Crippen LogP contribution in [-0.4, -0.2) is 38.2 Å². The number of fused-ring (bicyclic) bond motifs is 1. The van der Waals surface area contributed by atoms with Crippen molar-refractivity contribution in [1.82, 2.24) is 25.3 Å². The van der Waals surface area contributed by atoms with Crippen molar-refractivity contribution in [3.05, 3.63) is 47.1 Å². The number of pyridine rings is 1. The largest absolute Gasteiger partial charge is 0.417 e. The van der Waals surface area contributed by atoms with E-state index in [1.54, 1.807) is 6.07 Å². The molecule has 0 bridgehead atoms. The molecule has 0 unspecified atom stereocenters. The van der Waals surface area contributed by atoms with E-state index in [1.807, 2.05) is 18.2 Å². The lowest BCUT2D eigenvalue weighted by Gasteiger charge is -2.09. The number of aromatic nitrogens is 4. The van der Waals surface area contributed by atoms with Crippen molar-refractivity contribution in [1.29, 1.82) is 0 Å². The standard InChI is InChI=1S/C16H13ClF3N5OS/c17-11-7-10(16(18,19)20)8-22-15(11)27-6-5-21-14(26)9-25-13-4-2-1-3-12(13)23-24-25/h1-4,7-8H,5-6,9H2,(H,21,26). The molecule has 0 saturated carbocycles. The summed E-state index contributed by atoms with van der Waals surface area (Å²) in [5.74, 6) is 0.153. The van der Waals surface area contributed by atoms with E-state index in [2.05, 4.69) is 20.6 Å². The molecule has 0 aliphatic rings. The first kappa shape index (κ1) is 19.4. The number of carbonyl (C=O) groups excluding carboxylic acids is 1. The molecule has 27 heavy (non-hydrogen) atoms. The van der Waals surface area contributed by atoms with Crippen molar-refractivity contribution >= 4 is 40.3 Å². The van der Waals surface area contributed by atoms with Crippen LogP contribution in [0.25, 0.3) is 11.0 Å². The van der Waals surface area contributed by atoms with Crippen LogP contribution < -0.4 is 5.32 Å². The van der Waals surface area contributed by atoms with Gasteiger partial charge in [-0.15, -0.1) is 16.9 Å². The Morgan fingerprint density at radius 1 is 1.30 bits per heavy atom. The van der Waals surface area contributed by atoms with Gasteiger partial charge in [-0.3, -0.25) is 4.79 Å². The van der Waals surface area contributed by atoms with Gasteiger partial charge < -0.3 is 5.32 Å². The van der Waals surface area contributed by atoms with Gasteiger partial charge in [0.25, 0.3) is 0 Å². The number of nitrogens with one attached hydrogen (secondary N) is 1. The number of hydrogen-bond acceptors (Lipinski definition) is 5. The Labute approximate surface area is 161 Å². The first-order chi connectivity index (χ1) is 12.8. The molecule has 0 aliphatic heterocycles. The molecule has 0 spiro atoms. The van der Waals surface area contributed by atoms with Gasteiger partial charge in [-0.05, 0) is 18.2 Å². The molecule has 3 aromatic rings. The molecule has 0 radical (unpaired) electrons. The fourth-order valence-corrected chi connectivity index (χ4v) is 3.30. The van der Waals surface area contributed by atoms with E-state index >= 15 is 0 Å². The Balaban J connectivity index is 1.48. The predicted octanol–water partition coefficient (Wildman–Crippen LogP) is 3.41. The van der Waals surface area contributed by atoms with Crippen molar-refractivity contribution in [2.45, 2.75) is 17.7 Å². The highest BCUT2D eigenvalue weighted by Crippen LogP contribution is 2.33. The summed E-state index contributed by atoms with van der Waals surface area (Å²) in [7, 11) is 0. The maximum Gasteiger partial charge on any atom is 0.417 e. The van der Waals surface area contributed by atoms with Gasteiger partial charge in [0.05, 0.1) is 16.1 Å². The number of halogens is 4. The monoisotopic (exact) mass is 415 g/mol. The van der Waals surface area contributed by atoms with Gasteiger partial charge in [0.1, 0.15) is 17.1 Å². The average molecular weight is 416 g/mol. The SMILES string of the molecule is O=C(Cn1nnc2ccccc21)NCCSc1ncc(C(F)(F)F)cc1Cl. The van der Waals surface area contributed by atoms with Gasteiger partial charge in [0.2, 0.25) is 5.91 Å². The Hall–Kier alpha value is -2.33. The van der Waals surface area contributed by atoms with Crippen LogP contribution in [0.5, 0.6) is 0 Å². The number of nitrogens with zero attached hydrogens (tertiary/aromatic N) is 4. The van der Waals surface area contributed by atoms with Crippen LogP contribution >= 0.6 is 23.4 Å². The smallest absolute Gasteiger partial charge is 0.354 e. The second kappa shape index (κ2) is 8.13. The number of alkyl halides is 3. The van der Waals surface area contributed by atoms with Gasteiger partial charge in [0, 0.05) is 18.5 Å². The van der Waals surface area contributed by atoms with E-state index in [-0.39, 0.29) is 22.5 Å². The number of hydrogen-bond donors (Lipinski definition) is 1. The van der Waals surface area contributed by atoms with Gasteiger partial charge in [-0.1, -0.05) is 28.9 Å². The molecule has 3 rings (SSSR count). The molecule has 0 aliphatic carbocycles. The summed E-state index contributed by atoms with van der Waals surface area (Å²) < 4.78 is 39.2. The molecular formula is C16H13ClF3N5OS. The zero-order chi connectivity index (χ0) is 19.4. The summed E-state index contributed by atoms with van der Waals surface area (Å²) in [5.41, 5.74) is 0.553. The molecule has 2 aromatic heterocycles. The summed E-state index contributed by atoms with van der Waals surface area (Å²) >= 11 is 7.00. The summed E-state index contributed by atoms with van der Waals surface area (Å²) in [5, 5.41) is 10.8. The zero-order valence-corrected chi connectivity index (χ0v) is 15.3. The van der Waals surface area contributed by atoms with E-state index in [4.69, 9.17) is 11.6 Å². The highest BCUT2D eigenvalue weighted by atomic mass is 35.5. The predicted molar refractivity (Wildman–Crippen MR) is 95.5 cm³/mol. The Morgan fingerprint density at radius 3 is 2.81 bits per heavy atom. The average Bonchev–Trinajstić information content (AvgIpc) is 3.02. The lowest BCUT2D eigenvalue weighted by molar-refractivity contribution is -0.137. The van der Waals surface area contributed by atoms with Crippen molar-refractivity contribution in [3.63, 3.8) is 0 Å². The van der Waals surface area contributed by atoms with E-state index < -0.39 is 11.7 Å². The molecular weight excluding hydrogens is 403 g/mol. The number of para-hydroxylation sites is 1. The summed E-state index contributed by atoms with van der Waals surface area (Å²) in [4.78, 5) is 15.7. The molecule has 0 saturated heterocycles. The number of benzene rings is 1. The molecule has 1 amide bonds. The second-order valence-corrected chi connectivity index (χ2v) is 6.93. The fourth-order valence-electron chi connectivity index (χ4n) is 2.25. The Morgan fingerprint density at radius 2 is 2.07 bits per heavy atom. The fraction of sp³-hybridized carbons (Fsp3) is 0.250. The highest BCUT2D eigenvalue weighted by Gasteiger charge is 2.31. The molecule has 142 valence electrons. The molecule has 6 nitrogen and oxygen atoms in total. The molecule has 1 aromatic carbocycles. The first-order valence-electron chi connectivity index (χ1n) is 7.75. The van der Waals surface area contributed by atoms with Gasteiger partial charge in [0.15, 0.2) is 0 Å². The van der Waals surface area contributed by atoms with Crippen LogP contribution in [0.2, 0.25) is 5.02 Å². The van der Waals surface area contributed by atoms with Crippen LogP contribution in [0.3, 0.4) is 0 Å². The first-order valence-corrected chi connectivity index (χ1v) is 9.11. The number of rotatable bonds is 6. The highest BCUT2D eigenvalue weighted by molar-refractivity contribution is 7.99. The zero-order valence-electron chi connectivity index (χ0n) is 13.7. The van der Waals surface area contributed by atoms with E-state index in [0.29, 0.717) is 17.8 Å². The minimum Gasteiger partial charge on any atom is -0.354 e. The maximum atomic E-state index is 12.6. The van der Waals surface area contributed by atoms with Gasteiger partial charge in [-0.25, -0.2) is 9.67 Å². The quantitative estimate of drug-likeness (QED) is 0.493. The van der Waals surface area contributed by atoms with Crippen LogP contribution in [0.4, 0.5) is 13.2 Å². The molecule has 2 heterocycles. The Kier molecular flexibility index (Phi) is 5.85. The van der Waals surface area contributed by atoms with Crippen LogP contribution in [0.1, 0.15) is 5.56 Å². The van der Waals surface area contributed by atoms with E-state index in [1.165, 1.54) is 4.68 Å². The number of thioether (sulfide) groups is 1. The third-order valence-electron chi connectivity index (χ3n) is 3.51. The third kappa shape index (κ3) is 4.89. The topological polar surface area (TPSA) is 72.7 Å². The van der Waals surface area contributed by atoms with Crippen molar-refractivity contribution in [2.24, 2.45) is 0 Å². The van der Waals surface area contributed by atoms with E-state index in [9.17, 15) is 18.0 Å². The van der Waals surface area contributed by atoms with E-state index in [0.717, 1.165) is 29.5 Å². The van der Waals surface area contributed by atoms with Crippen molar-refractivity contribution in [2.75, 3.05) is 12.3 Å². The molecule has 11 heteroatoms. The minimum atomic E-state index is -4.49. The third-order valence-corrected chi connectivity index (χ3v) is 4.92. The van der Waals surface area contributed by atoms with Gasteiger partial charge in [-0.2, -0.15) is 13.2 Å². The number of amides is 1. The number of carbonyl (C=O) groups is 1. The normalized spacial score (nSPS) is 11.7. The molecule has 1 N–H and O–H groups in total. The summed E-state index contributed by atoms with van der Waals surface area (Å²) in [6.45, 7) is 0.319. The molecule has 0 atom stereocenters. The lowest BCUT2D eigenvalue weighted by atomic mass is 10.3. The summed E-state index contributed by atoms with van der Waals surface area (Å²) in [6.07, 6.45) is -3.75. The minimum absolute atomic E-state index is 0.0183.